The minimum Gasteiger partial charge on any atom is -0.300 e. The second-order valence-corrected chi connectivity index (χ2v) is 7.36. The Kier molecular flexibility index (Phi) is 4.42. The minimum absolute atomic E-state index is 0.119. The SMILES string of the molecule is N=C(c1ccccc1)c1ccccc1C1C(c2ccccc2)=Cc2ccccc21. The molecule has 0 aromatic heterocycles. The van der Waals surface area contributed by atoms with Gasteiger partial charge in [0, 0.05) is 17.0 Å². The summed E-state index contributed by atoms with van der Waals surface area (Å²) in [7, 11) is 0. The first kappa shape index (κ1) is 17.4. The molecule has 0 saturated carbocycles. The molecule has 1 aliphatic rings. The molecule has 0 fully saturated rings. The molecule has 1 nitrogen and oxygen atoms in total. The average molecular weight is 371 g/mol. The fraction of sp³-hybridized carbons (Fsp3) is 0.0357. The third-order valence-corrected chi connectivity index (χ3v) is 5.64. The van der Waals surface area contributed by atoms with E-state index >= 15 is 0 Å². The van der Waals surface area contributed by atoms with Crippen LogP contribution in [0.25, 0.3) is 11.6 Å². The Hall–Kier alpha value is -3.71. The molecule has 0 saturated heterocycles. The molecule has 1 aliphatic carbocycles. The molecule has 4 aromatic rings. The molecule has 1 N–H and O–H groups in total. The smallest absolute Gasteiger partial charge is 0.0687 e. The van der Waals surface area contributed by atoms with Gasteiger partial charge in [-0.25, -0.2) is 0 Å². The summed E-state index contributed by atoms with van der Waals surface area (Å²) in [6.45, 7) is 0. The zero-order valence-electron chi connectivity index (χ0n) is 16.0. The molecule has 0 aliphatic heterocycles. The predicted molar refractivity (Wildman–Crippen MR) is 121 cm³/mol. The first-order valence-corrected chi connectivity index (χ1v) is 9.92. The lowest BCUT2D eigenvalue weighted by Crippen LogP contribution is -2.10. The van der Waals surface area contributed by atoms with E-state index in [0.29, 0.717) is 5.71 Å². The quantitative estimate of drug-likeness (QED) is 0.382. The molecule has 0 bridgehead atoms. The molecule has 0 radical (unpaired) electrons. The molecule has 1 heteroatoms. The van der Waals surface area contributed by atoms with Crippen molar-refractivity contribution >= 4 is 17.4 Å². The van der Waals surface area contributed by atoms with Crippen molar-refractivity contribution in [2.45, 2.75) is 5.92 Å². The first-order chi connectivity index (χ1) is 14.3. The van der Waals surface area contributed by atoms with Crippen LogP contribution in [-0.2, 0) is 0 Å². The van der Waals surface area contributed by atoms with E-state index < -0.39 is 0 Å². The van der Waals surface area contributed by atoms with Gasteiger partial charge >= 0.3 is 0 Å². The number of hydrogen-bond donors (Lipinski definition) is 1. The normalized spacial score (nSPS) is 14.9. The Labute approximate surface area is 171 Å². The van der Waals surface area contributed by atoms with Crippen molar-refractivity contribution in [1.82, 2.24) is 0 Å². The topological polar surface area (TPSA) is 23.9 Å². The molecule has 0 heterocycles. The summed E-state index contributed by atoms with van der Waals surface area (Å²) >= 11 is 0. The van der Waals surface area contributed by atoms with Gasteiger partial charge < -0.3 is 0 Å². The van der Waals surface area contributed by atoms with Crippen LogP contribution in [-0.4, -0.2) is 5.71 Å². The minimum atomic E-state index is 0.119. The van der Waals surface area contributed by atoms with Crippen LogP contribution < -0.4 is 0 Å². The highest BCUT2D eigenvalue weighted by Gasteiger charge is 2.29. The summed E-state index contributed by atoms with van der Waals surface area (Å²) in [6, 6.07) is 37.6. The summed E-state index contributed by atoms with van der Waals surface area (Å²) < 4.78 is 0. The van der Waals surface area contributed by atoms with E-state index in [4.69, 9.17) is 5.41 Å². The fourth-order valence-corrected chi connectivity index (χ4v) is 4.28. The van der Waals surface area contributed by atoms with E-state index in [0.717, 1.165) is 11.1 Å². The van der Waals surface area contributed by atoms with Crippen LogP contribution in [0.1, 0.15) is 39.3 Å². The number of fused-ring (bicyclic) bond motifs is 1. The molecule has 1 atom stereocenters. The van der Waals surface area contributed by atoms with Gasteiger partial charge in [-0.3, -0.25) is 5.41 Å². The number of nitrogens with one attached hydrogen (secondary N) is 1. The van der Waals surface area contributed by atoms with Gasteiger partial charge in [0.25, 0.3) is 0 Å². The highest BCUT2D eigenvalue weighted by molar-refractivity contribution is 6.12. The number of benzene rings is 4. The van der Waals surface area contributed by atoms with Crippen LogP contribution in [0, 0.1) is 5.41 Å². The molecule has 0 amide bonds. The lowest BCUT2D eigenvalue weighted by atomic mass is 9.81. The van der Waals surface area contributed by atoms with E-state index in [1.54, 1.807) is 0 Å². The summed E-state index contributed by atoms with van der Waals surface area (Å²) in [6.07, 6.45) is 2.30. The number of allylic oxidation sites excluding steroid dienone is 1. The van der Waals surface area contributed by atoms with Crippen molar-refractivity contribution in [3.05, 3.63) is 143 Å². The Bertz CT molecular complexity index is 1200. The lowest BCUT2D eigenvalue weighted by Gasteiger charge is -2.22. The van der Waals surface area contributed by atoms with E-state index in [1.807, 2.05) is 36.4 Å². The highest BCUT2D eigenvalue weighted by Crippen LogP contribution is 2.46. The molecular formula is C28H21N. The van der Waals surface area contributed by atoms with E-state index in [2.05, 4.69) is 78.9 Å². The molecule has 5 rings (SSSR count). The zero-order valence-corrected chi connectivity index (χ0v) is 16.0. The Morgan fingerprint density at radius 3 is 1.93 bits per heavy atom. The van der Waals surface area contributed by atoms with Gasteiger partial charge in [-0.05, 0) is 33.9 Å². The van der Waals surface area contributed by atoms with Crippen LogP contribution in [0.3, 0.4) is 0 Å². The molecule has 1 unspecified atom stereocenters. The molecular weight excluding hydrogens is 350 g/mol. The van der Waals surface area contributed by atoms with Gasteiger partial charge in [0.05, 0.1) is 5.71 Å². The lowest BCUT2D eigenvalue weighted by molar-refractivity contribution is 1.06. The number of rotatable bonds is 4. The second-order valence-electron chi connectivity index (χ2n) is 7.36. The maximum Gasteiger partial charge on any atom is 0.0687 e. The third kappa shape index (κ3) is 3.11. The van der Waals surface area contributed by atoms with Crippen molar-refractivity contribution in [2.75, 3.05) is 0 Å². The molecule has 0 spiro atoms. The van der Waals surface area contributed by atoms with Crippen molar-refractivity contribution in [2.24, 2.45) is 0 Å². The zero-order chi connectivity index (χ0) is 19.6. The third-order valence-electron chi connectivity index (χ3n) is 5.64. The Morgan fingerprint density at radius 1 is 0.586 bits per heavy atom. The van der Waals surface area contributed by atoms with Crippen LogP contribution in [0.4, 0.5) is 0 Å². The fourth-order valence-electron chi connectivity index (χ4n) is 4.28. The summed E-state index contributed by atoms with van der Waals surface area (Å²) in [5.74, 6) is 0.119. The largest absolute Gasteiger partial charge is 0.300 e. The monoisotopic (exact) mass is 371 g/mol. The molecule has 138 valence electrons. The maximum atomic E-state index is 8.91. The van der Waals surface area contributed by atoms with Crippen molar-refractivity contribution in [3.63, 3.8) is 0 Å². The van der Waals surface area contributed by atoms with Crippen LogP contribution >= 0.6 is 0 Å². The van der Waals surface area contributed by atoms with Gasteiger partial charge in [-0.1, -0.05) is 109 Å². The highest BCUT2D eigenvalue weighted by atomic mass is 14.4. The van der Waals surface area contributed by atoms with Crippen molar-refractivity contribution < 1.29 is 0 Å². The first-order valence-electron chi connectivity index (χ1n) is 9.92. The van der Waals surface area contributed by atoms with Gasteiger partial charge in [0.1, 0.15) is 0 Å². The Balaban J connectivity index is 1.69. The molecule has 29 heavy (non-hydrogen) atoms. The van der Waals surface area contributed by atoms with E-state index in [9.17, 15) is 0 Å². The predicted octanol–water partition coefficient (Wildman–Crippen LogP) is 6.79. The van der Waals surface area contributed by atoms with E-state index in [-0.39, 0.29) is 5.92 Å². The summed E-state index contributed by atoms with van der Waals surface area (Å²) in [5.41, 5.74) is 8.77. The van der Waals surface area contributed by atoms with Gasteiger partial charge in [0.15, 0.2) is 0 Å². The van der Waals surface area contributed by atoms with Crippen molar-refractivity contribution in [3.8, 4) is 0 Å². The molecule has 4 aromatic carbocycles. The van der Waals surface area contributed by atoms with Gasteiger partial charge in [0.2, 0.25) is 0 Å². The van der Waals surface area contributed by atoms with E-state index in [1.165, 1.54) is 27.8 Å². The van der Waals surface area contributed by atoms with Crippen molar-refractivity contribution in [1.29, 1.82) is 5.41 Å². The average Bonchev–Trinajstić information content (AvgIpc) is 3.19. The van der Waals surface area contributed by atoms with Crippen LogP contribution in [0.2, 0.25) is 0 Å². The maximum absolute atomic E-state index is 8.91. The van der Waals surface area contributed by atoms with Crippen LogP contribution in [0.5, 0.6) is 0 Å². The van der Waals surface area contributed by atoms with Gasteiger partial charge in [-0.15, -0.1) is 0 Å². The summed E-state index contributed by atoms with van der Waals surface area (Å²) in [4.78, 5) is 0. The summed E-state index contributed by atoms with van der Waals surface area (Å²) in [5, 5.41) is 8.91. The Morgan fingerprint density at radius 2 is 1.17 bits per heavy atom. The second kappa shape index (κ2) is 7.37. The standard InChI is InChI=1S/C28H21N/c29-28(21-13-5-2-6-14-21)25-18-10-9-17-24(25)27-23-16-8-7-15-22(23)19-26(27)20-11-3-1-4-12-20/h1-19,27,29H. The van der Waals surface area contributed by atoms with Gasteiger partial charge in [-0.2, -0.15) is 0 Å². The van der Waals surface area contributed by atoms with Crippen LogP contribution in [0.15, 0.2) is 109 Å². The number of hydrogen-bond acceptors (Lipinski definition) is 1.